The number of nitriles is 2. The van der Waals surface area contributed by atoms with Crippen LogP contribution in [0.4, 0.5) is 0 Å². The molecular weight excluding hydrogens is 220 g/mol. The van der Waals surface area contributed by atoms with Crippen LogP contribution in [0.15, 0.2) is 24.3 Å². The predicted molar refractivity (Wildman–Crippen MR) is 70.7 cm³/mol. The van der Waals surface area contributed by atoms with E-state index in [0.29, 0.717) is 24.7 Å². The molecule has 2 nitrogen and oxygen atoms in total. The Labute approximate surface area is 109 Å². The molecule has 0 bridgehead atoms. The third kappa shape index (κ3) is 3.11. The summed E-state index contributed by atoms with van der Waals surface area (Å²) in [5, 5.41) is 17.3. The predicted octanol–water partition coefficient (Wildman–Crippen LogP) is 3.94. The van der Waals surface area contributed by atoms with E-state index < -0.39 is 0 Å². The highest BCUT2D eigenvalue weighted by molar-refractivity contribution is 5.27. The molecule has 0 atom stereocenters. The molecule has 2 rings (SSSR count). The van der Waals surface area contributed by atoms with Crippen LogP contribution in [0.1, 0.15) is 49.1 Å². The molecular formula is C16H18N2. The summed E-state index contributed by atoms with van der Waals surface area (Å²) in [5.74, 6) is 1.26. The Morgan fingerprint density at radius 3 is 2.17 bits per heavy atom. The van der Waals surface area contributed by atoms with E-state index in [2.05, 4.69) is 36.4 Å². The second-order valence-corrected chi connectivity index (χ2v) is 5.16. The van der Waals surface area contributed by atoms with E-state index in [1.807, 2.05) is 0 Å². The van der Waals surface area contributed by atoms with Gasteiger partial charge in [0.25, 0.3) is 0 Å². The van der Waals surface area contributed by atoms with Gasteiger partial charge >= 0.3 is 0 Å². The number of benzene rings is 1. The van der Waals surface area contributed by atoms with Gasteiger partial charge in [-0.1, -0.05) is 24.3 Å². The smallest absolute Gasteiger partial charge is 0.0669 e. The van der Waals surface area contributed by atoms with Gasteiger partial charge in [-0.15, -0.1) is 0 Å². The van der Waals surface area contributed by atoms with E-state index in [0.717, 1.165) is 5.56 Å². The average Bonchev–Trinajstić information content (AvgIpc) is 2.41. The fourth-order valence-corrected chi connectivity index (χ4v) is 2.83. The molecule has 0 spiro atoms. The van der Waals surface area contributed by atoms with Crippen LogP contribution < -0.4 is 0 Å². The van der Waals surface area contributed by atoms with Gasteiger partial charge in [0.1, 0.15) is 0 Å². The molecule has 0 saturated heterocycles. The number of nitrogens with zero attached hydrogens (tertiary/aromatic N) is 2. The SMILES string of the molecule is N#CCc1ccc([C@H]2CC[C@H](CC#N)CC2)cc1. The molecule has 0 aromatic heterocycles. The van der Waals surface area contributed by atoms with E-state index >= 15 is 0 Å². The minimum Gasteiger partial charge on any atom is -0.198 e. The van der Waals surface area contributed by atoms with Crippen molar-refractivity contribution in [1.29, 1.82) is 10.5 Å². The van der Waals surface area contributed by atoms with Crippen molar-refractivity contribution >= 4 is 0 Å². The molecule has 2 heteroatoms. The maximum Gasteiger partial charge on any atom is 0.0669 e. The maximum atomic E-state index is 8.71. The van der Waals surface area contributed by atoms with Gasteiger partial charge in [0, 0.05) is 6.42 Å². The van der Waals surface area contributed by atoms with Gasteiger partial charge < -0.3 is 0 Å². The van der Waals surface area contributed by atoms with Crippen molar-refractivity contribution in [3.05, 3.63) is 35.4 Å². The second-order valence-electron chi connectivity index (χ2n) is 5.16. The first-order chi connectivity index (χ1) is 8.83. The summed E-state index contributed by atoms with van der Waals surface area (Å²) in [6.07, 6.45) is 5.97. The van der Waals surface area contributed by atoms with Crippen LogP contribution in [-0.2, 0) is 6.42 Å². The van der Waals surface area contributed by atoms with Crippen LogP contribution >= 0.6 is 0 Å². The Morgan fingerprint density at radius 2 is 1.61 bits per heavy atom. The van der Waals surface area contributed by atoms with Crippen molar-refractivity contribution in [2.24, 2.45) is 5.92 Å². The highest BCUT2D eigenvalue weighted by Gasteiger charge is 2.21. The molecule has 92 valence electrons. The van der Waals surface area contributed by atoms with Gasteiger partial charge in [-0.2, -0.15) is 10.5 Å². The summed E-state index contributed by atoms with van der Waals surface area (Å²) in [7, 11) is 0. The zero-order valence-corrected chi connectivity index (χ0v) is 10.6. The van der Waals surface area contributed by atoms with Crippen LogP contribution in [-0.4, -0.2) is 0 Å². The average molecular weight is 238 g/mol. The molecule has 1 aromatic rings. The Hall–Kier alpha value is -1.80. The Bertz CT molecular complexity index is 453. The standard InChI is InChI=1S/C16H18N2/c17-11-9-13-1-5-15(6-2-13)16-7-3-14(4-8-16)10-12-18/h1-2,5-6,14,16H,3-4,7-10H2/t14-,16-. The fourth-order valence-electron chi connectivity index (χ4n) is 2.83. The van der Waals surface area contributed by atoms with Gasteiger partial charge in [0.05, 0.1) is 18.6 Å². The molecule has 0 aliphatic heterocycles. The van der Waals surface area contributed by atoms with Crippen LogP contribution in [0.2, 0.25) is 0 Å². The molecule has 1 aliphatic carbocycles. The van der Waals surface area contributed by atoms with Crippen molar-refractivity contribution in [2.45, 2.75) is 44.4 Å². The minimum absolute atomic E-state index is 0.495. The van der Waals surface area contributed by atoms with Gasteiger partial charge in [0.15, 0.2) is 0 Å². The monoisotopic (exact) mass is 238 g/mol. The van der Waals surface area contributed by atoms with E-state index in [-0.39, 0.29) is 0 Å². The van der Waals surface area contributed by atoms with Crippen molar-refractivity contribution in [2.75, 3.05) is 0 Å². The lowest BCUT2D eigenvalue weighted by molar-refractivity contribution is 0.330. The summed E-state index contributed by atoms with van der Waals surface area (Å²) in [6, 6.07) is 12.9. The topological polar surface area (TPSA) is 47.6 Å². The molecule has 0 heterocycles. The minimum atomic E-state index is 0.495. The van der Waals surface area contributed by atoms with Gasteiger partial charge in [-0.25, -0.2) is 0 Å². The third-order valence-electron chi connectivity index (χ3n) is 3.96. The molecule has 1 aliphatic rings. The zero-order valence-electron chi connectivity index (χ0n) is 10.6. The Morgan fingerprint density at radius 1 is 0.944 bits per heavy atom. The highest BCUT2D eigenvalue weighted by Crippen LogP contribution is 2.36. The van der Waals surface area contributed by atoms with Gasteiger partial charge in [0.2, 0.25) is 0 Å². The molecule has 0 unspecified atom stereocenters. The van der Waals surface area contributed by atoms with E-state index in [9.17, 15) is 0 Å². The lowest BCUT2D eigenvalue weighted by atomic mass is 9.77. The van der Waals surface area contributed by atoms with Crippen LogP contribution in [0.3, 0.4) is 0 Å². The van der Waals surface area contributed by atoms with E-state index in [1.54, 1.807) is 0 Å². The molecule has 18 heavy (non-hydrogen) atoms. The van der Waals surface area contributed by atoms with Crippen LogP contribution in [0, 0.1) is 28.6 Å². The molecule has 1 saturated carbocycles. The molecule has 0 amide bonds. The first-order valence-corrected chi connectivity index (χ1v) is 6.66. The van der Waals surface area contributed by atoms with Crippen molar-refractivity contribution in [3.8, 4) is 12.1 Å². The normalized spacial score (nSPS) is 23.0. The highest BCUT2D eigenvalue weighted by atomic mass is 14.3. The Balaban J connectivity index is 1.93. The third-order valence-corrected chi connectivity index (χ3v) is 3.96. The molecule has 0 radical (unpaired) electrons. The van der Waals surface area contributed by atoms with E-state index in [4.69, 9.17) is 10.5 Å². The second kappa shape index (κ2) is 6.22. The quantitative estimate of drug-likeness (QED) is 0.800. The largest absolute Gasteiger partial charge is 0.198 e. The Kier molecular flexibility index (Phi) is 4.37. The van der Waals surface area contributed by atoms with E-state index in [1.165, 1.54) is 31.2 Å². The molecule has 1 aromatic carbocycles. The number of hydrogen-bond donors (Lipinski definition) is 0. The van der Waals surface area contributed by atoms with Crippen LogP contribution in [0.25, 0.3) is 0 Å². The van der Waals surface area contributed by atoms with Crippen molar-refractivity contribution in [3.63, 3.8) is 0 Å². The maximum absolute atomic E-state index is 8.71. The summed E-state index contributed by atoms with van der Waals surface area (Å²) in [4.78, 5) is 0. The first-order valence-electron chi connectivity index (χ1n) is 6.66. The number of hydrogen-bond acceptors (Lipinski definition) is 2. The van der Waals surface area contributed by atoms with Crippen molar-refractivity contribution in [1.82, 2.24) is 0 Å². The lowest BCUT2D eigenvalue weighted by Gasteiger charge is -2.27. The van der Waals surface area contributed by atoms with Gasteiger partial charge in [-0.05, 0) is 48.6 Å². The van der Waals surface area contributed by atoms with Crippen LogP contribution in [0.5, 0.6) is 0 Å². The molecule has 1 fully saturated rings. The summed E-state index contributed by atoms with van der Waals surface area (Å²) in [6.45, 7) is 0. The number of rotatable bonds is 3. The summed E-state index contributed by atoms with van der Waals surface area (Å²) in [5.41, 5.74) is 2.49. The first kappa shape index (κ1) is 12.7. The van der Waals surface area contributed by atoms with Crippen molar-refractivity contribution < 1.29 is 0 Å². The van der Waals surface area contributed by atoms with Gasteiger partial charge in [-0.3, -0.25) is 0 Å². The fraction of sp³-hybridized carbons (Fsp3) is 0.500. The summed E-state index contributed by atoms with van der Waals surface area (Å²) >= 11 is 0. The zero-order chi connectivity index (χ0) is 12.8. The summed E-state index contributed by atoms with van der Waals surface area (Å²) < 4.78 is 0. The molecule has 0 N–H and O–H groups in total. The lowest BCUT2D eigenvalue weighted by Crippen LogP contribution is -2.12.